The fraction of sp³-hybridized carbons (Fsp3) is 0.692. The highest BCUT2D eigenvalue weighted by Crippen LogP contribution is 2.46. The molecule has 2 nitrogen and oxygen atoms in total. The summed E-state index contributed by atoms with van der Waals surface area (Å²) in [6.45, 7) is 6.31. The summed E-state index contributed by atoms with van der Waals surface area (Å²) in [6, 6.07) is 2.24. The van der Waals surface area contributed by atoms with Gasteiger partial charge in [-0.3, -0.25) is 0 Å². The van der Waals surface area contributed by atoms with Crippen LogP contribution in [-0.4, -0.2) is 0 Å². The second-order valence-corrected chi connectivity index (χ2v) is 5.21. The lowest BCUT2D eigenvalue weighted by Gasteiger charge is -2.30. The zero-order valence-electron chi connectivity index (χ0n) is 9.97. The first-order valence-electron chi connectivity index (χ1n) is 5.85. The van der Waals surface area contributed by atoms with Crippen molar-refractivity contribution in [2.45, 2.75) is 52.5 Å². The number of hydrogen-bond donors (Lipinski definition) is 1. The zero-order chi connectivity index (χ0) is 11.1. The molecule has 1 unspecified atom stereocenters. The smallest absolute Gasteiger partial charge is 0.105 e. The van der Waals surface area contributed by atoms with E-state index in [-0.39, 0.29) is 11.5 Å². The Morgan fingerprint density at radius 3 is 2.40 bits per heavy atom. The Balaban J connectivity index is 2.27. The Morgan fingerprint density at radius 1 is 1.33 bits per heavy atom. The average Bonchev–Trinajstić information content (AvgIpc) is 2.73. The lowest BCUT2D eigenvalue weighted by molar-refractivity contribution is 0.263. The van der Waals surface area contributed by atoms with Crippen molar-refractivity contribution in [3.63, 3.8) is 0 Å². The van der Waals surface area contributed by atoms with Gasteiger partial charge in [0.05, 0.1) is 0 Å². The maximum Gasteiger partial charge on any atom is 0.105 e. The Hall–Kier alpha value is -0.760. The lowest BCUT2D eigenvalue weighted by atomic mass is 9.78. The van der Waals surface area contributed by atoms with E-state index >= 15 is 0 Å². The third-order valence-electron chi connectivity index (χ3n) is 3.91. The average molecular weight is 207 g/mol. The van der Waals surface area contributed by atoms with E-state index in [1.54, 1.807) is 0 Å². The number of hydrogen-bond acceptors (Lipinski definition) is 2. The van der Waals surface area contributed by atoms with Crippen molar-refractivity contribution in [1.82, 2.24) is 0 Å². The van der Waals surface area contributed by atoms with Gasteiger partial charge in [-0.15, -0.1) is 0 Å². The van der Waals surface area contributed by atoms with Crippen LogP contribution in [0.15, 0.2) is 10.5 Å². The van der Waals surface area contributed by atoms with Crippen molar-refractivity contribution in [1.29, 1.82) is 0 Å². The van der Waals surface area contributed by atoms with Crippen molar-refractivity contribution >= 4 is 0 Å². The largest absolute Gasteiger partial charge is 0.466 e. The molecule has 1 aliphatic carbocycles. The standard InChI is InChI=1S/C13H21NO/c1-9-8-11(10(2)15-9)12(14)13(3)6-4-5-7-13/h8,12H,4-7,14H2,1-3H3. The molecule has 2 rings (SSSR count). The van der Waals surface area contributed by atoms with Crippen molar-refractivity contribution < 1.29 is 4.42 Å². The fourth-order valence-corrected chi connectivity index (χ4v) is 2.83. The third-order valence-corrected chi connectivity index (χ3v) is 3.91. The molecule has 0 spiro atoms. The lowest BCUT2D eigenvalue weighted by Crippen LogP contribution is -2.29. The molecular formula is C13H21NO. The van der Waals surface area contributed by atoms with Gasteiger partial charge in [-0.05, 0) is 38.2 Å². The molecule has 1 fully saturated rings. The van der Waals surface area contributed by atoms with E-state index in [4.69, 9.17) is 10.2 Å². The molecule has 0 radical (unpaired) electrons. The maximum atomic E-state index is 6.39. The summed E-state index contributed by atoms with van der Waals surface area (Å²) in [5.74, 6) is 1.97. The SMILES string of the molecule is Cc1cc(C(N)C2(C)CCCC2)c(C)o1. The first-order valence-corrected chi connectivity index (χ1v) is 5.85. The molecule has 1 aliphatic rings. The van der Waals surface area contributed by atoms with Crippen LogP contribution in [0.3, 0.4) is 0 Å². The third kappa shape index (κ3) is 1.83. The van der Waals surface area contributed by atoms with E-state index in [1.807, 2.05) is 13.8 Å². The highest BCUT2D eigenvalue weighted by atomic mass is 16.3. The predicted octanol–water partition coefficient (Wildman–Crippen LogP) is 3.48. The molecular weight excluding hydrogens is 186 g/mol. The normalized spacial score (nSPS) is 21.9. The van der Waals surface area contributed by atoms with Gasteiger partial charge < -0.3 is 10.2 Å². The molecule has 2 heteroatoms. The van der Waals surface area contributed by atoms with Crippen molar-refractivity contribution in [2.75, 3.05) is 0 Å². The van der Waals surface area contributed by atoms with Gasteiger partial charge in [-0.1, -0.05) is 19.8 Å². The van der Waals surface area contributed by atoms with Crippen LogP contribution in [0, 0.1) is 19.3 Å². The molecule has 0 amide bonds. The first kappa shape index (κ1) is 10.7. The fourth-order valence-electron chi connectivity index (χ4n) is 2.83. The highest BCUT2D eigenvalue weighted by Gasteiger charge is 2.36. The molecule has 84 valence electrons. The van der Waals surface area contributed by atoms with Gasteiger partial charge in [0.2, 0.25) is 0 Å². The number of rotatable bonds is 2. The van der Waals surface area contributed by atoms with E-state index in [0.717, 1.165) is 11.5 Å². The minimum absolute atomic E-state index is 0.137. The van der Waals surface area contributed by atoms with Crippen LogP contribution < -0.4 is 5.73 Å². The van der Waals surface area contributed by atoms with E-state index in [1.165, 1.54) is 31.2 Å². The minimum Gasteiger partial charge on any atom is -0.466 e. The second kappa shape index (κ2) is 3.67. The molecule has 1 atom stereocenters. The molecule has 0 aromatic carbocycles. The molecule has 1 aromatic rings. The van der Waals surface area contributed by atoms with E-state index in [2.05, 4.69) is 13.0 Å². The molecule has 1 saturated carbocycles. The van der Waals surface area contributed by atoms with Crippen LogP contribution in [0.4, 0.5) is 0 Å². The summed E-state index contributed by atoms with van der Waals surface area (Å²) >= 11 is 0. The highest BCUT2D eigenvalue weighted by molar-refractivity contribution is 5.26. The van der Waals surface area contributed by atoms with Crippen molar-refractivity contribution in [2.24, 2.45) is 11.1 Å². The maximum absolute atomic E-state index is 6.39. The topological polar surface area (TPSA) is 39.2 Å². The molecule has 1 heterocycles. The Bertz CT molecular complexity index is 347. The second-order valence-electron chi connectivity index (χ2n) is 5.21. The van der Waals surface area contributed by atoms with Gasteiger partial charge in [0.1, 0.15) is 11.5 Å². The summed E-state index contributed by atoms with van der Waals surface area (Å²) < 4.78 is 5.56. The quantitative estimate of drug-likeness (QED) is 0.806. The van der Waals surface area contributed by atoms with Crippen LogP contribution in [0.1, 0.15) is 55.7 Å². The monoisotopic (exact) mass is 207 g/mol. The van der Waals surface area contributed by atoms with Crippen LogP contribution in [0.2, 0.25) is 0 Å². The van der Waals surface area contributed by atoms with E-state index in [9.17, 15) is 0 Å². The number of nitrogens with two attached hydrogens (primary N) is 1. The number of furan rings is 1. The number of aryl methyl sites for hydroxylation is 2. The van der Waals surface area contributed by atoms with Crippen LogP contribution in [0.25, 0.3) is 0 Å². The van der Waals surface area contributed by atoms with E-state index in [0.29, 0.717) is 0 Å². The Kier molecular flexibility index (Phi) is 2.63. The molecule has 15 heavy (non-hydrogen) atoms. The Morgan fingerprint density at radius 2 is 1.93 bits per heavy atom. The van der Waals surface area contributed by atoms with Crippen molar-refractivity contribution in [3.8, 4) is 0 Å². The zero-order valence-corrected chi connectivity index (χ0v) is 9.97. The molecule has 2 N–H and O–H groups in total. The summed E-state index contributed by atoms with van der Waals surface area (Å²) in [7, 11) is 0. The summed E-state index contributed by atoms with van der Waals surface area (Å²) in [5.41, 5.74) is 7.87. The first-order chi connectivity index (χ1) is 7.03. The summed E-state index contributed by atoms with van der Waals surface area (Å²) in [4.78, 5) is 0. The van der Waals surface area contributed by atoms with Gasteiger partial charge in [0.15, 0.2) is 0 Å². The van der Waals surface area contributed by atoms with Gasteiger partial charge in [-0.2, -0.15) is 0 Å². The minimum atomic E-state index is 0.137. The van der Waals surface area contributed by atoms with Crippen molar-refractivity contribution in [3.05, 3.63) is 23.2 Å². The van der Waals surface area contributed by atoms with Crippen LogP contribution in [-0.2, 0) is 0 Å². The molecule has 0 saturated heterocycles. The van der Waals surface area contributed by atoms with Gasteiger partial charge in [-0.25, -0.2) is 0 Å². The molecule has 1 aromatic heterocycles. The van der Waals surface area contributed by atoms with Gasteiger partial charge in [0.25, 0.3) is 0 Å². The van der Waals surface area contributed by atoms with E-state index < -0.39 is 0 Å². The summed E-state index contributed by atoms with van der Waals surface area (Å²) in [5, 5.41) is 0. The molecule has 0 bridgehead atoms. The molecule has 0 aliphatic heterocycles. The Labute approximate surface area is 91.8 Å². The van der Waals surface area contributed by atoms with Crippen LogP contribution >= 0.6 is 0 Å². The summed E-state index contributed by atoms with van der Waals surface area (Å²) in [6.07, 6.45) is 5.13. The predicted molar refractivity (Wildman–Crippen MR) is 61.7 cm³/mol. The van der Waals surface area contributed by atoms with Gasteiger partial charge in [0, 0.05) is 11.6 Å². The van der Waals surface area contributed by atoms with Gasteiger partial charge >= 0.3 is 0 Å². The van der Waals surface area contributed by atoms with Crippen LogP contribution in [0.5, 0.6) is 0 Å².